The first kappa shape index (κ1) is 21.7. The third-order valence-electron chi connectivity index (χ3n) is 5.14. The van der Waals surface area contributed by atoms with Crippen LogP contribution in [0.4, 0.5) is 11.4 Å². The number of hydrogen-bond acceptors (Lipinski definition) is 5. The van der Waals surface area contributed by atoms with Gasteiger partial charge in [-0.05, 0) is 61.6 Å². The third-order valence-corrected chi connectivity index (χ3v) is 7.94. The molecule has 3 aromatic rings. The summed E-state index contributed by atoms with van der Waals surface area (Å²) in [6, 6.07) is 11.1. The Morgan fingerprint density at radius 2 is 1.90 bits per heavy atom. The molecule has 0 bridgehead atoms. The molecule has 1 aliphatic carbocycles. The molecule has 9 heteroatoms. The highest BCUT2D eigenvalue weighted by Crippen LogP contribution is 2.33. The lowest BCUT2D eigenvalue weighted by Crippen LogP contribution is -2.17. The summed E-state index contributed by atoms with van der Waals surface area (Å²) in [7, 11) is -2.63. The average Bonchev–Trinajstić information content (AvgIpc) is 3.19. The summed E-state index contributed by atoms with van der Waals surface area (Å²) < 4.78 is 33.8. The van der Waals surface area contributed by atoms with Crippen LogP contribution in [0, 0.1) is 0 Å². The van der Waals surface area contributed by atoms with Crippen LogP contribution in [0.3, 0.4) is 0 Å². The number of fused-ring (bicyclic) bond motifs is 1. The molecule has 0 saturated carbocycles. The highest BCUT2D eigenvalue weighted by Gasteiger charge is 2.23. The molecule has 0 aliphatic heterocycles. The van der Waals surface area contributed by atoms with Crippen molar-refractivity contribution in [1.29, 1.82) is 0 Å². The molecule has 1 amide bonds. The van der Waals surface area contributed by atoms with Crippen molar-refractivity contribution in [3.05, 3.63) is 68.9 Å². The molecule has 1 aromatic heterocycles. The number of methoxy groups -OCH3 is 1. The molecule has 0 fully saturated rings. The summed E-state index contributed by atoms with van der Waals surface area (Å²) in [5.41, 5.74) is 2.39. The molecule has 6 nitrogen and oxygen atoms in total. The van der Waals surface area contributed by atoms with Gasteiger partial charge in [0, 0.05) is 15.9 Å². The number of ether oxygens (including phenoxy) is 1. The summed E-state index contributed by atoms with van der Waals surface area (Å²) in [6.07, 6.45) is 4.12. The molecule has 0 spiro atoms. The van der Waals surface area contributed by atoms with Gasteiger partial charge in [-0.1, -0.05) is 23.7 Å². The summed E-state index contributed by atoms with van der Waals surface area (Å²) in [5, 5.41) is 4.98. The minimum absolute atomic E-state index is 0.0972. The van der Waals surface area contributed by atoms with Gasteiger partial charge < -0.3 is 10.1 Å². The van der Waals surface area contributed by atoms with Gasteiger partial charge in [0.05, 0.1) is 23.4 Å². The maximum absolute atomic E-state index is 13.0. The molecule has 0 radical (unpaired) electrons. The number of carbonyl (C=O) groups excluding carboxylic acids is 1. The Hall–Kier alpha value is -2.55. The third kappa shape index (κ3) is 4.56. The fourth-order valence-corrected chi connectivity index (χ4v) is 6.23. The van der Waals surface area contributed by atoms with Crippen LogP contribution in [0.15, 0.2) is 52.7 Å². The lowest BCUT2D eigenvalue weighted by Gasteiger charge is -2.15. The van der Waals surface area contributed by atoms with Crippen molar-refractivity contribution in [3.63, 3.8) is 0 Å². The zero-order chi connectivity index (χ0) is 22.0. The van der Waals surface area contributed by atoms with Gasteiger partial charge in [-0.15, -0.1) is 11.3 Å². The fourth-order valence-electron chi connectivity index (χ4n) is 3.59. The molecule has 31 heavy (non-hydrogen) atoms. The monoisotopic (exact) mass is 476 g/mol. The molecule has 0 saturated heterocycles. The van der Waals surface area contributed by atoms with E-state index in [4.69, 9.17) is 16.3 Å². The van der Waals surface area contributed by atoms with Crippen LogP contribution in [-0.4, -0.2) is 21.4 Å². The largest absolute Gasteiger partial charge is 0.495 e. The number of benzene rings is 2. The molecule has 1 heterocycles. The highest BCUT2D eigenvalue weighted by atomic mass is 35.5. The Balaban J connectivity index is 1.62. The van der Waals surface area contributed by atoms with Gasteiger partial charge in [0.2, 0.25) is 0 Å². The zero-order valence-corrected chi connectivity index (χ0v) is 19.2. The van der Waals surface area contributed by atoms with Crippen molar-refractivity contribution in [2.75, 3.05) is 17.1 Å². The number of hydrogen-bond donors (Lipinski definition) is 2. The topological polar surface area (TPSA) is 84.5 Å². The highest BCUT2D eigenvalue weighted by molar-refractivity contribution is 7.92. The van der Waals surface area contributed by atoms with E-state index in [1.54, 1.807) is 41.7 Å². The van der Waals surface area contributed by atoms with E-state index in [1.165, 1.54) is 24.1 Å². The van der Waals surface area contributed by atoms with E-state index in [9.17, 15) is 13.2 Å². The van der Waals surface area contributed by atoms with Crippen LogP contribution >= 0.6 is 22.9 Å². The number of rotatable bonds is 6. The first-order valence-corrected chi connectivity index (χ1v) is 12.5. The predicted octanol–water partition coefficient (Wildman–Crippen LogP) is 5.34. The Labute approximate surface area is 190 Å². The Kier molecular flexibility index (Phi) is 6.22. The van der Waals surface area contributed by atoms with Crippen LogP contribution in [0.25, 0.3) is 0 Å². The van der Waals surface area contributed by atoms with E-state index in [1.807, 2.05) is 5.38 Å². The maximum Gasteiger partial charge on any atom is 0.265 e. The van der Waals surface area contributed by atoms with E-state index in [2.05, 4.69) is 10.0 Å². The van der Waals surface area contributed by atoms with Crippen LogP contribution in [-0.2, 0) is 22.9 Å². The smallest absolute Gasteiger partial charge is 0.265 e. The number of anilines is 2. The van der Waals surface area contributed by atoms with E-state index >= 15 is 0 Å². The second kappa shape index (κ2) is 8.90. The summed E-state index contributed by atoms with van der Waals surface area (Å²) in [5.74, 6) is -0.0857. The van der Waals surface area contributed by atoms with Crippen molar-refractivity contribution < 1.29 is 17.9 Å². The van der Waals surface area contributed by atoms with E-state index in [0.29, 0.717) is 11.3 Å². The Bertz CT molecular complexity index is 1240. The molecule has 162 valence electrons. The molecule has 1 aliphatic rings. The van der Waals surface area contributed by atoms with E-state index < -0.39 is 10.0 Å². The molecular weight excluding hydrogens is 456 g/mol. The predicted molar refractivity (Wildman–Crippen MR) is 124 cm³/mol. The number of sulfonamides is 1. The van der Waals surface area contributed by atoms with Gasteiger partial charge in [0.15, 0.2) is 0 Å². The lowest BCUT2D eigenvalue weighted by atomic mass is 9.95. The quantitative estimate of drug-likeness (QED) is 0.502. The lowest BCUT2D eigenvalue weighted by molar-refractivity contribution is 0.102. The number of aryl methyl sites for hydroxylation is 1. The van der Waals surface area contributed by atoms with Crippen LogP contribution < -0.4 is 14.8 Å². The number of nitrogens with one attached hydrogen (secondary N) is 2. The maximum atomic E-state index is 13.0. The second-order valence-electron chi connectivity index (χ2n) is 7.16. The van der Waals surface area contributed by atoms with Crippen molar-refractivity contribution in [2.24, 2.45) is 0 Å². The van der Waals surface area contributed by atoms with Crippen LogP contribution in [0.1, 0.15) is 33.6 Å². The average molecular weight is 477 g/mol. The summed E-state index contributed by atoms with van der Waals surface area (Å²) >= 11 is 7.70. The standard InChI is InChI=1S/C22H21ClN2O4S2/c1-29-19-11-10-14(24-22(26)16-13-30-20-9-5-2-6-15(16)20)12-21(19)31(27,28)25-18-8-4-3-7-17(18)23/h3-4,7-8,10-13,25H,2,5-6,9H2,1H3,(H,24,26). The van der Waals surface area contributed by atoms with Gasteiger partial charge in [-0.3, -0.25) is 9.52 Å². The van der Waals surface area contributed by atoms with E-state index in [-0.39, 0.29) is 27.3 Å². The first-order chi connectivity index (χ1) is 14.9. The van der Waals surface area contributed by atoms with E-state index in [0.717, 1.165) is 31.2 Å². The first-order valence-electron chi connectivity index (χ1n) is 9.75. The Morgan fingerprint density at radius 1 is 1.13 bits per heavy atom. The Morgan fingerprint density at radius 3 is 2.68 bits per heavy atom. The number of carbonyl (C=O) groups is 1. The molecule has 2 aromatic carbocycles. The summed E-state index contributed by atoms with van der Waals surface area (Å²) in [4.78, 5) is 14.0. The van der Waals surface area contributed by atoms with Gasteiger partial charge in [0.25, 0.3) is 15.9 Å². The molecule has 2 N–H and O–H groups in total. The molecule has 4 rings (SSSR count). The van der Waals surface area contributed by atoms with Crippen LogP contribution in [0.2, 0.25) is 5.02 Å². The minimum atomic E-state index is -4.01. The van der Waals surface area contributed by atoms with Crippen molar-refractivity contribution in [3.8, 4) is 5.75 Å². The van der Waals surface area contributed by atoms with Crippen molar-refractivity contribution in [1.82, 2.24) is 0 Å². The minimum Gasteiger partial charge on any atom is -0.495 e. The van der Waals surface area contributed by atoms with Crippen molar-refractivity contribution >= 4 is 50.2 Å². The summed E-state index contributed by atoms with van der Waals surface area (Å²) in [6.45, 7) is 0. The van der Waals surface area contributed by atoms with Crippen molar-refractivity contribution in [2.45, 2.75) is 30.6 Å². The number of halogens is 1. The van der Waals surface area contributed by atoms with Gasteiger partial charge in [-0.25, -0.2) is 8.42 Å². The van der Waals surface area contributed by atoms with Gasteiger partial charge in [0.1, 0.15) is 10.6 Å². The second-order valence-corrected chi connectivity index (χ2v) is 10.2. The zero-order valence-electron chi connectivity index (χ0n) is 16.8. The van der Waals surface area contributed by atoms with Gasteiger partial charge >= 0.3 is 0 Å². The number of thiophene rings is 1. The number of para-hydroxylation sites is 1. The molecular formula is C22H21ClN2O4S2. The molecule has 0 unspecified atom stereocenters. The SMILES string of the molecule is COc1ccc(NC(=O)c2csc3c2CCCC3)cc1S(=O)(=O)Nc1ccccc1Cl. The fraction of sp³-hybridized carbons (Fsp3) is 0.227. The van der Waals surface area contributed by atoms with Crippen LogP contribution in [0.5, 0.6) is 5.75 Å². The molecule has 0 atom stereocenters. The normalized spacial score (nSPS) is 13.4. The van der Waals surface area contributed by atoms with Gasteiger partial charge in [-0.2, -0.15) is 0 Å². The number of amides is 1.